The minimum atomic E-state index is 0.0285. The van der Waals surface area contributed by atoms with Crippen LogP contribution in [0.2, 0.25) is 0 Å². The maximum Gasteiger partial charge on any atom is 0.274 e. The van der Waals surface area contributed by atoms with Gasteiger partial charge in [-0.25, -0.2) is 0 Å². The van der Waals surface area contributed by atoms with Crippen LogP contribution in [0.3, 0.4) is 0 Å². The molecule has 5 nitrogen and oxygen atoms in total. The topological polar surface area (TPSA) is 49.3 Å². The van der Waals surface area contributed by atoms with Gasteiger partial charge in [0.25, 0.3) is 5.91 Å². The third-order valence-electron chi connectivity index (χ3n) is 4.49. The molecule has 114 valence electrons. The molecule has 0 N–H and O–H groups in total. The lowest BCUT2D eigenvalue weighted by Crippen LogP contribution is -2.37. The fourth-order valence-corrected chi connectivity index (χ4v) is 3.26. The lowest BCUT2D eigenvalue weighted by molar-refractivity contribution is 0.0717. The lowest BCUT2D eigenvalue weighted by atomic mass is 10.0. The number of nitrogens with zero attached hydrogens (tertiary/aromatic N) is 4. The average Bonchev–Trinajstić information content (AvgIpc) is 2.55. The molecule has 0 aromatic carbocycles. The highest BCUT2D eigenvalue weighted by atomic mass is 16.2. The number of rotatable bonds is 2. The van der Waals surface area contributed by atoms with Gasteiger partial charge in [0.2, 0.25) is 0 Å². The van der Waals surface area contributed by atoms with Crippen molar-refractivity contribution in [3.05, 3.63) is 17.8 Å². The van der Waals surface area contributed by atoms with E-state index in [1.54, 1.807) is 0 Å². The molecular formula is C16H24N4O. The van der Waals surface area contributed by atoms with Gasteiger partial charge in [0.15, 0.2) is 11.5 Å². The van der Waals surface area contributed by atoms with E-state index in [1.165, 1.54) is 19.3 Å². The molecule has 0 radical (unpaired) electrons. The Bertz CT molecular complexity index is 482. The highest BCUT2D eigenvalue weighted by molar-refractivity contribution is 5.92. The Morgan fingerprint density at radius 3 is 2.57 bits per heavy atom. The monoisotopic (exact) mass is 288 g/mol. The summed E-state index contributed by atoms with van der Waals surface area (Å²) in [7, 11) is 0. The second-order valence-corrected chi connectivity index (χ2v) is 6.32. The number of carbonyl (C=O) groups is 1. The molecule has 3 rings (SSSR count). The van der Waals surface area contributed by atoms with E-state index in [1.807, 2.05) is 17.0 Å². The van der Waals surface area contributed by atoms with Crippen LogP contribution >= 0.6 is 0 Å². The van der Waals surface area contributed by atoms with Crippen LogP contribution < -0.4 is 4.90 Å². The zero-order valence-corrected chi connectivity index (χ0v) is 12.8. The first-order chi connectivity index (χ1) is 10.2. The molecule has 0 aliphatic carbocycles. The Morgan fingerprint density at radius 1 is 1.10 bits per heavy atom. The Kier molecular flexibility index (Phi) is 4.36. The molecule has 0 spiro atoms. The molecule has 1 amide bonds. The van der Waals surface area contributed by atoms with Crippen molar-refractivity contribution in [3.63, 3.8) is 0 Å². The van der Waals surface area contributed by atoms with Crippen molar-refractivity contribution < 1.29 is 4.79 Å². The molecule has 0 bridgehead atoms. The van der Waals surface area contributed by atoms with E-state index in [0.29, 0.717) is 11.6 Å². The smallest absolute Gasteiger partial charge is 0.274 e. The molecule has 2 aliphatic heterocycles. The second kappa shape index (κ2) is 6.41. The number of piperidine rings is 2. The van der Waals surface area contributed by atoms with Gasteiger partial charge in [-0.2, -0.15) is 0 Å². The first-order valence-corrected chi connectivity index (χ1v) is 8.12. The fourth-order valence-electron chi connectivity index (χ4n) is 3.26. The standard InChI is InChI=1S/C16H24N4O/c1-13-6-5-11-20(12-13)15-8-7-14(17-18-15)16(21)19-9-3-2-4-10-19/h7-8,13H,2-6,9-12H2,1H3. The van der Waals surface area contributed by atoms with Crippen LogP contribution in [0.5, 0.6) is 0 Å². The Morgan fingerprint density at radius 2 is 1.90 bits per heavy atom. The molecule has 1 atom stereocenters. The third kappa shape index (κ3) is 3.34. The van der Waals surface area contributed by atoms with E-state index < -0.39 is 0 Å². The van der Waals surface area contributed by atoms with Gasteiger partial charge in [0.1, 0.15) is 0 Å². The largest absolute Gasteiger partial charge is 0.355 e. The van der Waals surface area contributed by atoms with E-state index in [9.17, 15) is 4.79 Å². The molecule has 5 heteroatoms. The highest BCUT2D eigenvalue weighted by Crippen LogP contribution is 2.21. The summed E-state index contributed by atoms with van der Waals surface area (Å²) in [5, 5.41) is 8.45. The summed E-state index contributed by atoms with van der Waals surface area (Å²) in [6.07, 6.45) is 5.92. The van der Waals surface area contributed by atoms with Gasteiger partial charge >= 0.3 is 0 Å². The van der Waals surface area contributed by atoms with Crippen LogP contribution in [-0.2, 0) is 0 Å². The van der Waals surface area contributed by atoms with Crippen molar-refractivity contribution in [2.45, 2.75) is 39.0 Å². The maximum atomic E-state index is 12.3. The van der Waals surface area contributed by atoms with Crippen LogP contribution in [0.25, 0.3) is 0 Å². The summed E-state index contributed by atoms with van der Waals surface area (Å²) in [4.78, 5) is 16.5. The number of amides is 1. The van der Waals surface area contributed by atoms with Crippen LogP contribution in [0.15, 0.2) is 12.1 Å². The van der Waals surface area contributed by atoms with Crippen LogP contribution in [-0.4, -0.2) is 47.2 Å². The minimum Gasteiger partial charge on any atom is -0.355 e. The SMILES string of the molecule is CC1CCCN(c2ccc(C(=O)N3CCCCC3)nn2)C1. The molecule has 0 saturated carbocycles. The van der Waals surface area contributed by atoms with Crippen molar-refractivity contribution >= 4 is 11.7 Å². The Labute approximate surface area is 126 Å². The molecule has 21 heavy (non-hydrogen) atoms. The number of hydrogen-bond acceptors (Lipinski definition) is 4. The number of anilines is 1. The molecule has 2 aliphatic rings. The third-order valence-corrected chi connectivity index (χ3v) is 4.49. The first kappa shape index (κ1) is 14.3. The van der Waals surface area contributed by atoms with E-state index in [0.717, 1.165) is 44.8 Å². The normalized spacial score (nSPS) is 23.2. The van der Waals surface area contributed by atoms with E-state index in [2.05, 4.69) is 22.0 Å². The van der Waals surface area contributed by atoms with Gasteiger partial charge in [0, 0.05) is 26.2 Å². The van der Waals surface area contributed by atoms with Crippen LogP contribution in [0.4, 0.5) is 5.82 Å². The lowest BCUT2D eigenvalue weighted by Gasteiger charge is -2.31. The van der Waals surface area contributed by atoms with Gasteiger partial charge in [-0.3, -0.25) is 4.79 Å². The quantitative estimate of drug-likeness (QED) is 0.838. The molecule has 1 unspecified atom stereocenters. The summed E-state index contributed by atoms with van der Waals surface area (Å²) in [6, 6.07) is 3.78. The van der Waals surface area contributed by atoms with Gasteiger partial charge in [-0.1, -0.05) is 6.92 Å². The molecule has 3 heterocycles. The minimum absolute atomic E-state index is 0.0285. The predicted molar refractivity (Wildman–Crippen MR) is 82.4 cm³/mol. The zero-order valence-electron chi connectivity index (χ0n) is 12.8. The zero-order chi connectivity index (χ0) is 14.7. The Balaban J connectivity index is 1.67. The predicted octanol–water partition coefficient (Wildman–Crippen LogP) is 2.34. The van der Waals surface area contributed by atoms with Gasteiger partial charge < -0.3 is 9.80 Å². The van der Waals surface area contributed by atoms with Crippen molar-refractivity contribution in [3.8, 4) is 0 Å². The fraction of sp³-hybridized carbons (Fsp3) is 0.688. The number of carbonyl (C=O) groups excluding carboxylic acids is 1. The van der Waals surface area contributed by atoms with Crippen molar-refractivity contribution in [2.75, 3.05) is 31.1 Å². The van der Waals surface area contributed by atoms with Gasteiger partial charge in [-0.15, -0.1) is 10.2 Å². The molecule has 2 fully saturated rings. The maximum absolute atomic E-state index is 12.3. The van der Waals surface area contributed by atoms with Crippen molar-refractivity contribution in [1.82, 2.24) is 15.1 Å². The van der Waals surface area contributed by atoms with Crippen LogP contribution in [0, 0.1) is 5.92 Å². The van der Waals surface area contributed by atoms with Crippen LogP contribution in [0.1, 0.15) is 49.5 Å². The van der Waals surface area contributed by atoms with E-state index in [-0.39, 0.29) is 5.91 Å². The van der Waals surface area contributed by atoms with Gasteiger partial charge in [-0.05, 0) is 50.2 Å². The second-order valence-electron chi connectivity index (χ2n) is 6.32. The highest BCUT2D eigenvalue weighted by Gasteiger charge is 2.21. The molecule has 1 aromatic rings. The number of aromatic nitrogens is 2. The summed E-state index contributed by atoms with van der Waals surface area (Å²) in [5.41, 5.74) is 0.478. The summed E-state index contributed by atoms with van der Waals surface area (Å²) >= 11 is 0. The Hall–Kier alpha value is -1.65. The molecule has 2 saturated heterocycles. The number of hydrogen-bond donors (Lipinski definition) is 0. The molecule has 1 aromatic heterocycles. The molecular weight excluding hydrogens is 264 g/mol. The van der Waals surface area contributed by atoms with E-state index >= 15 is 0 Å². The summed E-state index contributed by atoms with van der Waals surface area (Å²) < 4.78 is 0. The van der Waals surface area contributed by atoms with Crippen molar-refractivity contribution in [2.24, 2.45) is 5.92 Å². The average molecular weight is 288 g/mol. The first-order valence-electron chi connectivity index (χ1n) is 8.12. The summed E-state index contributed by atoms with van der Waals surface area (Å²) in [6.45, 7) is 6.05. The summed E-state index contributed by atoms with van der Waals surface area (Å²) in [5.74, 6) is 1.63. The van der Waals surface area contributed by atoms with Gasteiger partial charge in [0.05, 0.1) is 0 Å². The number of likely N-dealkylation sites (tertiary alicyclic amines) is 1. The van der Waals surface area contributed by atoms with E-state index in [4.69, 9.17) is 0 Å². The van der Waals surface area contributed by atoms with Crippen molar-refractivity contribution in [1.29, 1.82) is 0 Å².